The molecule has 1 amide bonds. The zero-order chi connectivity index (χ0) is 13.7. The van der Waals surface area contributed by atoms with Crippen molar-refractivity contribution in [3.63, 3.8) is 0 Å². The van der Waals surface area contributed by atoms with Gasteiger partial charge < -0.3 is 10.6 Å². The quantitative estimate of drug-likeness (QED) is 0.841. The van der Waals surface area contributed by atoms with Gasteiger partial charge in [0.2, 0.25) is 5.91 Å². The van der Waals surface area contributed by atoms with Crippen LogP contribution in [0.25, 0.3) is 0 Å². The Morgan fingerprint density at radius 1 is 1.17 bits per heavy atom. The highest BCUT2D eigenvalue weighted by atomic mass is 16.1. The van der Waals surface area contributed by atoms with Crippen LogP contribution in [0.5, 0.6) is 0 Å². The van der Waals surface area contributed by atoms with Gasteiger partial charge in [0.1, 0.15) is 0 Å². The average Bonchev–Trinajstić information content (AvgIpc) is 2.20. The molecule has 2 N–H and O–H groups in total. The van der Waals surface area contributed by atoms with Crippen molar-refractivity contribution in [1.82, 2.24) is 5.32 Å². The summed E-state index contributed by atoms with van der Waals surface area (Å²) in [4.78, 5) is 11.5. The molecular weight excluding hydrogens is 224 g/mol. The van der Waals surface area contributed by atoms with Gasteiger partial charge in [-0.3, -0.25) is 4.79 Å². The van der Waals surface area contributed by atoms with Crippen LogP contribution in [0.1, 0.15) is 37.0 Å². The van der Waals surface area contributed by atoms with Crippen molar-refractivity contribution < 1.29 is 4.79 Å². The van der Waals surface area contributed by atoms with Gasteiger partial charge in [0.15, 0.2) is 0 Å². The molecule has 0 unspecified atom stereocenters. The van der Waals surface area contributed by atoms with E-state index in [0.29, 0.717) is 13.0 Å². The normalized spacial score (nSPS) is 10.6. The van der Waals surface area contributed by atoms with Crippen molar-refractivity contribution in [2.45, 2.75) is 47.1 Å². The lowest BCUT2D eigenvalue weighted by molar-refractivity contribution is -0.121. The fourth-order valence-electron chi connectivity index (χ4n) is 2.15. The average molecular weight is 248 g/mol. The van der Waals surface area contributed by atoms with E-state index in [4.69, 9.17) is 0 Å². The van der Waals surface area contributed by atoms with Crippen LogP contribution in [0.15, 0.2) is 12.1 Å². The smallest absolute Gasteiger partial charge is 0.221 e. The van der Waals surface area contributed by atoms with Gasteiger partial charge in [-0.25, -0.2) is 0 Å². The number of hydrogen-bond acceptors (Lipinski definition) is 2. The number of carbonyl (C=O) groups is 1. The second kappa shape index (κ2) is 6.43. The van der Waals surface area contributed by atoms with Crippen LogP contribution in [0.3, 0.4) is 0 Å². The molecule has 100 valence electrons. The second-order valence-electron chi connectivity index (χ2n) is 5.17. The molecule has 0 saturated carbocycles. The summed E-state index contributed by atoms with van der Waals surface area (Å²) in [7, 11) is 0. The number of nitrogens with one attached hydrogen (secondary N) is 2. The Morgan fingerprint density at radius 3 is 2.22 bits per heavy atom. The molecule has 0 atom stereocenters. The number of benzene rings is 1. The van der Waals surface area contributed by atoms with Crippen molar-refractivity contribution in [2.24, 2.45) is 0 Å². The minimum Gasteiger partial charge on any atom is -0.384 e. The van der Waals surface area contributed by atoms with E-state index in [1.54, 1.807) is 0 Å². The standard InChI is InChI=1S/C15H24N2O/c1-10(2)17-14(18)6-7-16-15-12(4)8-11(3)9-13(15)5/h8-10,16H,6-7H2,1-5H3,(H,17,18). The van der Waals surface area contributed by atoms with Crippen LogP contribution in [0.4, 0.5) is 5.69 Å². The first-order valence-electron chi connectivity index (χ1n) is 6.51. The van der Waals surface area contributed by atoms with E-state index in [1.807, 2.05) is 13.8 Å². The third-order valence-electron chi connectivity index (χ3n) is 2.78. The third-order valence-corrected chi connectivity index (χ3v) is 2.78. The zero-order valence-corrected chi connectivity index (χ0v) is 12.1. The number of hydrogen-bond donors (Lipinski definition) is 2. The van der Waals surface area contributed by atoms with Gasteiger partial charge in [0.05, 0.1) is 0 Å². The molecule has 1 rings (SSSR count). The van der Waals surface area contributed by atoms with Crippen molar-refractivity contribution in [2.75, 3.05) is 11.9 Å². The number of rotatable bonds is 5. The molecule has 0 heterocycles. The Hall–Kier alpha value is -1.51. The van der Waals surface area contributed by atoms with Crippen LogP contribution in [-0.2, 0) is 4.79 Å². The molecule has 1 aromatic carbocycles. The van der Waals surface area contributed by atoms with Gasteiger partial charge in [0, 0.05) is 24.7 Å². The Morgan fingerprint density at radius 2 is 1.72 bits per heavy atom. The van der Waals surface area contributed by atoms with Crippen molar-refractivity contribution >= 4 is 11.6 Å². The molecule has 3 heteroatoms. The minimum atomic E-state index is 0.0971. The van der Waals surface area contributed by atoms with E-state index in [2.05, 4.69) is 43.5 Å². The van der Waals surface area contributed by atoms with Crippen molar-refractivity contribution in [3.8, 4) is 0 Å². The van der Waals surface area contributed by atoms with Gasteiger partial charge >= 0.3 is 0 Å². The topological polar surface area (TPSA) is 41.1 Å². The van der Waals surface area contributed by atoms with E-state index in [0.717, 1.165) is 5.69 Å². The summed E-state index contributed by atoms with van der Waals surface area (Å²) in [6.45, 7) is 10.9. The highest BCUT2D eigenvalue weighted by Gasteiger charge is 2.05. The predicted molar refractivity (Wildman–Crippen MR) is 77.0 cm³/mol. The molecule has 0 aliphatic carbocycles. The van der Waals surface area contributed by atoms with E-state index in [1.165, 1.54) is 16.7 Å². The molecule has 0 aromatic heterocycles. The van der Waals surface area contributed by atoms with Gasteiger partial charge in [-0.15, -0.1) is 0 Å². The van der Waals surface area contributed by atoms with Crippen LogP contribution >= 0.6 is 0 Å². The first kappa shape index (κ1) is 14.6. The molecule has 1 aromatic rings. The lowest BCUT2D eigenvalue weighted by Gasteiger charge is -2.14. The molecule has 0 fully saturated rings. The van der Waals surface area contributed by atoms with E-state index >= 15 is 0 Å². The highest BCUT2D eigenvalue weighted by Crippen LogP contribution is 2.21. The molecule has 0 radical (unpaired) electrons. The summed E-state index contributed by atoms with van der Waals surface area (Å²) in [6, 6.07) is 4.52. The summed E-state index contributed by atoms with van der Waals surface area (Å²) in [5.74, 6) is 0.0971. The van der Waals surface area contributed by atoms with Gasteiger partial charge in [0.25, 0.3) is 0 Å². The largest absolute Gasteiger partial charge is 0.384 e. The molecule has 0 aliphatic rings. The third kappa shape index (κ3) is 4.40. The summed E-state index contributed by atoms with van der Waals surface area (Å²) >= 11 is 0. The van der Waals surface area contributed by atoms with Crippen LogP contribution in [0, 0.1) is 20.8 Å². The van der Waals surface area contributed by atoms with E-state index in [9.17, 15) is 4.79 Å². The van der Waals surface area contributed by atoms with Crippen molar-refractivity contribution in [3.05, 3.63) is 28.8 Å². The molecule has 0 aliphatic heterocycles. The van der Waals surface area contributed by atoms with Crippen molar-refractivity contribution in [1.29, 1.82) is 0 Å². The first-order valence-corrected chi connectivity index (χ1v) is 6.51. The Bertz CT molecular complexity index is 401. The number of carbonyl (C=O) groups excluding carboxylic acids is 1. The lowest BCUT2D eigenvalue weighted by Crippen LogP contribution is -2.31. The Balaban J connectivity index is 2.52. The second-order valence-corrected chi connectivity index (χ2v) is 5.17. The Kier molecular flexibility index (Phi) is 5.20. The monoisotopic (exact) mass is 248 g/mol. The highest BCUT2D eigenvalue weighted by molar-refractivity contribution is 5.76. The summed E-state index contributed by atoms with van der Waals surface area (Å²) in [5.41, 5.74) is 4.89. The van der Waals surface area contributed by atoms with Crippen LogP contribution < -0.4 is 10.6 Å². The lowest BCUT2D eigenvalue weighted by atomic mass is 10.1. The Labute approximate surface area is 110 Å². The molecule has 0 spiro atoms. The maximum Gasteiger partial charge on any atom is 0.221 e. The number of anilines is 1. The first-order chi connectivity index (χ1) is 8.40. The minimum absolute atomic E-state index is 0.0971. The van der Waals surface area contributed by atoms with Gasteiger partial charge in [-0.1, -0.05) is 17.7 Å². The molecule has 0 bridgehead atoms. The fraction of sp³-hybridized carbons (Fsp3) is 0.533. The van der Waals surface area contributed by atoms with Gasteiger partial charge in [-0.05, 0) is 45.7 Å². The summed E-state index contributed by atoms with van der Waals surface area (Å²) < 4.78 is 0. The van der Waals surface area contributed by atoms with E-state index in [-0.39, 0.29) is 11.9 Å². The SMILES string of the molecule is Cc1cc(C)c(NCCC(=O)NC(C)C)c(C)c1. The van der Waals surface area contributed by atoms with Crippen LogP contribution in [0.2, 0.25) is 0 Å². The number of aryl methyl sites for hydroxylation is 3. The molecular formula is C15H24N2O. The maximum atomic E-state index is 11.5. The van der Waals surface area contributed by atoms with Gasteiger partial charge in [-0.2, -0.15) is 0 Å². The summed E-state index contributed by atoms with van der Waals surface area (Å²) in [6.07, 6.45) is 0.505. The maximum absolute atomic E-state index is 11.5. The number of amides is 1. The predicted octanol–water partition coefficient (Wildman–Crippen LogP) is 2.94. The zero-order valence-electron chi connectivity index (χ0n) is 12.1. The van der Waals surface area contributed by atoms with E-state index < -0.39 is 0 Å². The molecule has 3 nitrogen and oxygen atoms in total. The fourth-order valence-corrected chi connectivity index (χ4v) is 2.15. The molecule has 0 saturated heterocycles. The van der Waals surface area contributed by atoms with Crippen LogP contribution in [-0.4, -0.2) is 18.5 Å². The molecule has 18 heavy (non-hydrogen) atoms. The summed E-state index contributed by atoms with van der Waals surface area (Å²) in [5, 5.41) is 6.24.